The van der Waals surface area contributed by atoms with Gasteiger partial charge in [0, 0.05) is 12.2 Å². The first-order chi connectivity index (χ1) is 7.24. The van der Waals surface area contributed by atoms with Gasteiger partial charge in [0.25, 0.3) is 0 Å². The van der Waals surface area contributed by atoms with E-state index >= 15 is 0 Å². The van der Waals surface area contributed by atoms with E-state index in [0.29, 0.717) is 12.5 Å². The van der Waals surface area contributed by atoms with E-state index in [2.05, 4.69) is 34.5 Å². The van der Waals surface area contributed by atoms with Gasteiger partial charge in [0.15, 0.2) is 0 Å². The standard InChI is InChI=1S/C11H12N4/c1-8(2)15-10-7-13-6-4-9(10)14-11(15)3-5-12/h4,6-8H,3H2,1-2H3. The molecule has 0 aliphatic heterocycles. The minimum atomic E-state index is 0.294. The Morgan fingerprint density at radius 3 is 3.00 bits per heavy atom. The monoisotopic (exact) mass is 200 g/mol. The summed E-state index contributed by atoms with van der Waals surface area (Å²) in [6, 6.07) is 4.30. The molecule has 0 saturated carbocycles. The lowest BCUT2D eigenvalue weighted by molar-refractivity contribution is 0.593. The molecule has 0 amide bonds. The lowest BCUT2D eigenvalue weighted by atomic mass is 10.3. The van der Waals surface area contributed by atoms with Crippen molar-refractivity contribution < 1.29 is 0 Å². The molecule has 4 heteroatoms. The number of aromatic nitrogens is 3. The number of nitriles is 1. The summed E-state index contributed by atoms with van der Waals surface area (Å²) in [5.41, 5.74) is 1.90. The first-order valence-corrected chi connectivity index (χ1v) is 4.92. The molecule has 76 valence electrons. The highest BCUT2D eigenvalue weighted by atomic mass is 15.1. The van der Waals surface area contributed by atoms with Crippen molar-refractivity contribution in [3.8, 4) is 6.07 Å². The number of nitrogens with zero attached hydrogens (tertiary/aromatic N) is 4. The number of hydrogen-bond acceptors (Lipinski definition) is 3. The van der Waals surface area contributed by atoms with Gasteiger partial charge in [-0.25, -0.2) is 4.98 Å². The van der Waals surface area contributed by atoms with Crippen molar-refractivity contribution in [2.24, 2.45) is 0 Å². The van der Waals surface area contributed by atoms with Gasteiger partial charge in [-0.3, -0.25) is 4.98 Å². The summed E-state index contributed by atoms with van der Waals surface area (Å²) >= 11 is 0. The Kier molecular flexibility index (Phi) is 2.38. The van der Waals surface area contributed by atoms with Crippen molar-refractivity contribution in [1.82, 2.24) is 14.5 Å². The Labute approximate surface area is 88.2 Å². The average molecular weight is 200 g/mol. The van der Waals surface area contributed by atoms with Crippen molar-refractivity contribution >= 4 is 11.0 Å². The van der Waals surface area contributed by atoms with Gasteiger partial charge in [-0.1, -0.05) is 0 Å². The fourth-order valence-corrected chi connectivity index (χ4v) is 1.76. The molecule has 0 N–H and O–H groups in total. The Hall–Kier alpha value is -1.89. The molecule has 0 saturated heterocycles. The molecule has 15 heavy (non-hydrogen) atoms. The van der Waals surface area contributed by atoms with E-state index in [0.717, 1.165) is 16.9 Å². The van der Waals surface area contributed by atoms with Crippen LogP contribution in [0.5, 0.6) is 0 Å². The first-order valence-electron chi connectivity index (χ1n) is 4.92. The van der Waals surface area contributed by atoms with Gasteiger partial charge in [0.1, 0.15) is 5.82 Å². The highest BCUT2D eigenvalue weighted by molar-refractivity contribution is 5.74. The van der Waals surface area contributed by atoms with Gasteiger partial charge in [0.05, 0.1) is 29.7 Å². The SMILES string of the molecule is CC(C)n1c(CC#N)nc2ccncc21. The van der Waals surface area contributed by atoms with Gasteiger partial charge in [-0.2, -0.15) is 5.26 Å². The van der Waals surface area contributed by atoms with Gasteiger partial charge >= 0.3 is 0 Å². The Balaban J connectivity index is 2.70. The second kappa shape index (κ2) is 3.70. The Bertz CT molecular complexity index is 519. The van der Waals surface area contributed by atoms with Crippen LogP contribution in [-0.4, -0.2) is 14.5 Å². The minimum Gasteiger partial charge on any atom is -0.323 e. The van der Waals surface area contributed by atoms with E-state index in [4.69, 9.17) is 5.26 Å². The molecule has 2 heterocycles. The normalized spacial score (nSPS) is 10.8. The van der Waals surface area contributed by atoms with Crippen LogP contribution in [0.3, 0.4) is 0 Å². The summed E-state index contributed by atoms with van der Waals surface area (Å²) < 4.78 is 2.06. The largest absolute Gasteiger partial charge is 0.323 e. The summed E-state index contributed by atoms with van der Waals surface area (Å²) in [7, 11) is 0. The van der Waals surface area contributed by atoms with Crippen LogP contribution in [0.4, 0.5) is 0 Å². The van der Waals surface area contributed by atoms with Gasteiger partial charge in [0.2, 0.25) is 0 Å². The van der Waals surface area contributed by atoms with Crippen LogP contribution >= 0.6 is 0 Å². The molecule has 0 fully saturated rings. The summed E-state index contributed by atoms with van der Waals surface area (Å²) in [6.07, 6.45) is 3.85. The summed E-state index contributed by atoms with van der Waals surface area (Å²) in [6.45, 7) is 4.16. The zero-order valence-corrected chi connectivity index (χ0v) is 8.81. The van der Waals surface area contributed by atoms with Crippen molar-refractivity contribution in [1.29, 1.82) is 5.26 Å². The van der Waals surface area contributed by atoms with Crippen molar-refractivity contribution in [2.45, 2.75) is 26.3 Å². The second-order valence-corrected chi connectivity index (χ2v) is 3.69. The number of fused-ring (bicyclic) bond motifs is 1. The molecule has 0 aliphatic carbocycles. The summed E-state index contributed by atoms with van der Waals surface area (Å²) in [5.74, 6) is 0.815. The molecule has 2 aromatic heterocycles. The van der Waals surface area contributed by atoms with Gasteiger partial charge < -0.3 is 4.57 Å². The number of imidazole rings is 1. The molecule has 2 rings (SSSR count). The van der Waals surface area contributed by atoms with Gasteiger partial charge in [-0.05, 0) is 19.9 Å². The van der Waals surface area contributed by atoms with Crippen LogP contribution < -0.4 is 0 Å². The zero-order chi connectivity index (χ0) is 10.8. The smallest absolute Gasteiger partial charge is 0.124 e. The molecule has 2 aromatic rings. The third kappa shape index (κ3) is 1.57. The molecule has 0 bridgehead atoms. The minimum absolute atomic E-state index is 0.294. The molecule has 0 radical (unpaired) electrons. The third-order valence-electron chi connectivity index (χ3n) is 2.32. The number of pyridine rings is 1. The first kappa shape index (κ1) is 9.66. The predicted molar refractivity (Wildman–Crippen MR) is 57.2 cm³/mol. The maximum absolute atomic E-state index is 8.73. The van der Waals surface area contributed by atoms with Crippen LogP contribution in [-0.2, 0) is 6.42 Å². The third-order valence-corrected chi connectivity index (χ3v) is 2.32. The highest BCUT2D eigenvalue weighted by Gasteiger charge is 2.12. The summed E-state index contributed by atoms with van der Waals surface area (Å²) in [5, 5.41) is 8.73. The van der Waals surface area contributed by atoms with Crippen molar-refractivity contribution in [3.63, 3.8) is 0 Å². The zero-order valence-electron chi connectivity index (χ0n) is 8.81. The predicted octanol–water partition coefficient (Wildman–Crippen LogP) is 2.08. The number of rotatable bonds is 2. The molecular formula is C11H12N4. The van der Waals surface area contributed by atoms with Crippen molar-refractivity contribution in [2.75, 3.05) is 0 Å². The maximum Gasteiger partial charge on any atom is 0.124 e. The number of hydrogen-bond donors (Lipinski definition) is 0. The quantitative estimate of drug-likeness (QED) is 0.745. The lowest BCUT2D eigenvalue weighted by Gasteiger charge is -2.10. The van der Waals surface area contributed by atoms with Gasteiger partial charge in [-0.15, -0.1) is 0 Å². The van der Waals surface area contributed by atoms with Crippen molar-refractivity contribution in [3.05, 3.63) is 24.3 Å². The van der Waals surface area contributed by atoms with Crippen LogP contribution in [0.2, 0.25) is 0 Å². The van der Waals surface area contributed by atoms with E-state index in [1.165, 1.54) is 0 Å². The lowest BCUT2D eigenvalue weighted by Crippen LogP contribution is -2.05. The van der Waals surface area contributed by atoms with Crippen LogP contribution in [0, 0.1) is 11.3 Å². The fraction of sp³-hybridized carbons (Fsp3) is 0.364. The molecule has 0 spiro atoms. The molecule has 4 nitrogen and oxygen atoms in total. The molecular weight excluding hydrogens is 188 g/mol. The second-order valence-electron chi connectivity index (χ2n) is 3.69. The van der Waals surface area contributed by atoms with E-state index in [1.807, 2.05) is 6.07 Å². The van der Waals surface area contributed by atoms with Crippen LogP contribution in [0.15, 0.2) is 18.5 Å². The van der Waals surface area contributed by atoms with E-state index in [9.17, 15) is 0 Å². The van der Waals surface area contributed by atoms with E-state index in [1.54, 1.807) is 12.4 Å². The van der Waals surface area contributed by atoms with Crippen LogP contribution in [0.1, 0.15) is 25.7 Å². The fourth-order valence-electron chi connectivity index (χ4n) is 1.76. The van der Waals surface area contributed by atoms with E-state index < -0.39 is 0 Å². The molecule has 0 aromatic carbocycles. The molecule has 0 aliphatic rings. The maximum atomic E-state index is 8.73. The topological polar surface area (TPSA) is 54.5 Å². The Morgan fingerprint density at radius 2 is 2.33 bits per heavy atom. The Morgan fingerprint density at radius 1 is 1.53 bits per heavy atom. The molecule has 0 atom stereocenters. The highest BCUT2D eigenvalue weighted by Crippen LogP contribution is 2.19. The van der Waals surface area contributed by atoms with E-state index in [-0.39, 0.29) is 0 Å². The average Bonchev–Trinajstić information content (AvgIpc) is 2.56. The van der Waals surface area contributed by atoms with Crippen LogP contribution in [0.25, 0.3) is 11.0 Å². The summed E-state index contributed by atoms with van der Waals surface area (Å²) in [4.78, 5) is 8.51. The molecule has 0 unspecified atom stereocenters.